The molecule has 0 aliphatic carbocycles. The van der Waals surface area contributed by atoms with Crippen LogP contribution in [0.1, 0.15) is 239 Å². The molecule has 0 aromatic carbocycles. The molecule has 3 aliphatic heterocycles. The fraction of sp³-hybridized carbons (Fsp3) is 0.922. The Morgan fingerprint density at radius 1 is 0.586 bits per heavy atom. The third kappa shape index (κ3) is 28.9. The number of carboxylic acids is 1. The number of carbonyl (C=O) groups is 3. The first-order valence-electron chi connectivity index (χ1n) is 33.5. The van der Waals surface area contributed by atoms with E-state index in [1.54, 1.807) is 0 Å². The minimum absolute atomic E-state index is 0.215. The van der Waals surface area contributed by atoms with Gasteiger partial charge < -0.3 is 100 Å². The number of carboxylic acid groups (broad SMARTS) is 1. The van der Waals surface area contributed by atoms with E-state index in [1.807, 2.05) is 0 Å². The van der Waals surface area contributed by atoms with Crippen LogP contribution in [0, 0.1) is 0 Å². The number of aliphatic hydroxyl groups is 11. The monoisotopic (exact) mass is 1250 g/mol. The van der Waals surface area contributed by atoms with Crippen molar-refractivity contribution in [3.8, 4) is 0 Å². The lowest BCUT2D eigenvalue weighted by Gasteiger charge is -2.50. The zero-order chi connectivity index (χ0) is 64.0. The summed E-state index contributed by atoms with van der Waals surface area (Å²) in [7, 11) is 0. The summed E-state index contributed by atoms with van der Waals surface area (Å²) in [5.41, 5.74) is 0. The van der Waals surface area contributed by atoms with E-state index in [2.05, 4.69) is 36.6 Å². The molecule has 0 aromatic rings. The number of nitrogens with one attached hydrogen (secondary N) is 2. The summed E-state index contributed by atoms with van der Waals surface area (Å²) in [6.07, 6.45) is 12.1. The fourth-order valence-electron chi connectivity index (χ4n) is 11.8. The van der Waals surface area contributed by atoms with Crippen LogP contribution in [0.15, 0.2) is 12.2 Å². The van der Waals surface area contributed by atoms with Crippen LogP contribution in [-0.2, 0) is 42.8 Å². The first-order valence-corrected chi connectivity index (χ1v) is 33.5. The van der Waals surface area contributed by atoms with Crippen LogP contribution in [0.5, 0.6) is 0 Å². The highest BCUT2D eigenvalue weighted by atomic mass is 16.8. The Bertz CT molecular complexity index is 1820. The van der Waals surface area contributed by atoms with E-state index in [0.717, 1.165) is 71.1 Å². The molecule has 510 valence electrons. The summed E-state index contributed by atoms with van der Waals surface area (Å²) in [4.78, 5) is 38.5. The molecule has 3 fully saturated rings. The molecule has 23 heteroatoms. The SMILES string of the molecule is CCCCCCCCC/C=C\CCCCCCCC(=O)NC(COC1OC(CO)C(OC2OC(CO)C(O)C(OC3(C(=O)O)CC(O)C(NC(C)=O)C(C(O)C(O)CO)O3)C2O)C(O)C1O)C(O)CCCCCCCCCCCCCCCCCCC. The zero-order valence-corrected chi connectivity index (χ0v) is 52.9. The molecule has 18 atom stereocenters. The molecule has 3 rings (SSSR count). The molecule has 14 N–H and O–H groups in total. The minimum Gasteiger partial charge on any atom is -0.477 e. The Labute approximate surface area is 518 Å². The highest BCUT2D eigenvalue weighted by molar-refractivity contribution is 5.77. The lowest BCUT2D eigenvalue weighted by atomic mass is 9.88. The average Bonchev–Trinajstić information content (AvgIpc) is 2.77. The molecule has 0 aromatic heterocycles. The number of rotatable bonds is 50. The van der Waals surface area contributed by atoms with Gasteiger partial charge in [0.1, 0.15) is 67.1 Å². The van der Waals surface area contributed by atoms with Gasteiger partial charge in [0.2, 0.25) is 11.8 Å². The molecule has 2 amide bonds. The number of allylic oxidation sites excluding steroid dienone is 2. The van der Waals surface area contributed by atoms with Gasteiger partial charge in [-0.05, 0) is 38.5 Å². The predicted octanol–water partition coefficient (Wildman–Crippen LogP) is 5.12. The number of hydrogen-bond acceptors (Lipinski definition) is 20. The molecule has 3 aliphatic rings. The van der Waals surface area contributed by atoms with Gasteiger partial charge in [0.05, 0.1) is 50.7 Å². The Kier molecular flexibility index (Phi) is 41.3. The second-order valence-corrected chi connectivity index (χ2v) is 24.7. The molecular weight excluding hydrogens is 1130 g/mol. The van der Waals surface area contributed by atoms with Gasteiger partial charge in [-0.25, -0.2) is 4.79 Å². The van der Waals surface area contributed by atoms with Crippen LogP contribution in [0.3, 0.4) is 0 Å². The predicted molar refractivity (Wildman–Crippen MR) is 325 cm³/mol. The summed E-state index contributed by atoms with van der Waals surface area (Å²) in [6.45, 7) is 2.19. The highest BCUT2D eigenvalue weighted by Gasteiger charge is 2.60. The quantitative estimate of drug-likeness (QED) is 0.0278. The van der Waals surface area contributed by atoms with Crippen molar-refractivity contribution in [3.63, 3.8) is 0 Å². The molecule has 0 saturated carbocycles. The number of aliphatic carboxylic acids is 1. The summed E-state index contributed by atoms with van der Waals surface area (Å²) in [6, 6.07) is -2.53. The van der Waals surface area contributed by atoms with Crippen LogP contribution in [0.25, 0.3) is 0 Å². The number of carbonyl (C=O) groups excluding carboxylic acids is 2. The Morgan fingerprint density at radius 3 is 1.55 bits per heavy atom. The maximum atomic E-state index is 13.4. The summed E-state index contributed by atoms with van der Waals surface area (Å²) < 4.78 is 34.8. The minimum atomic E-state index is -3.08. The van der Waals surface area contributed by atoms with Crippen molar-refractivity contribution in [2.45, 2.75) is 349 Å². The highest BCUT2D eigenvalue weighted by Crippen LogP contribution is 2.39. The summed E-state index contributed by atoms with van der Waals surface area (Å²) >= 11 is 0. The zero-order valence-electron chi connectivity index (χ0n) is 52.9. The third-order valence-electron chi connectivity index (χ3n) is 17.2. The molecule has 23 nitrogen and oxygen atoms in total. The standard InChI is InChI=1S/C64H118N2O21/c1-4-6-8-10-12-14-16-18-20-22-23-25-27-29-31-33-35-37-46(71)45(66-51(74)38-36-34-32-30-28-26-24-21-19-17-15-13-11-9-7-5-2)43-82-61-56(78)55(77)58(50(42-69)84-61)85-62-57(79)60(54(76)49(41-68)83-62)87-64(63(80)81)39-47(72)52(65-44(3)70)59(86-64)53(75)48(73)40-67/h21,24,45-50,52-62,67-69,71-73,75-79H,4-20,22-23,25-43H2,1-3H3,(H,65,70)(H,66,74)(H,80,81)/b24-21-. The van der Waals surface area contributed by atoms with Crippen molar-refractivity contribution in [3.05, 3.63) is 12.2 Å². The molecular formula is C64H118N2O21. The summed E-state index contributed by atoms with van der Waals surface area (Å²) in [5, 5.41) is 136. The van der Waals surface area contributed by atoms with Gasteiger partial charge in [0.25, 0.3) is 5.79 Å². The van der Waals surface area contributed by atoms with E-state index in [-0.39, 0.29) is 18.9 Å². The van der Waals surface area contributed by atoms with E-state index < -0.39 is 148 Å². The molecule has 0 bridgehead atoms. The molecule has 18 unspecified atom stereocenters. The largest absolute Gasteiger partial charge is 0.477 e. The molecule has 3 saturated heterocycles. The van der Waals surface area contributed by atoms with E-state index in [9.17, 15) is 75.7 Å². The van der Waals surface area contributed by atoms with Crippen LogP contribution in [0.2, 0.25) is 0 Å². The van der Waals surface area contributed by atoms with Crippen molar-refractivity contribution in [1.29, 1.82) is 0 Å². The van der Waals surface area contributed by atoms with Crippen molar-refractivity contribution >= 4 is 17.8 Å². The van der Waals surface area contributed by atoms with Gasteiger partial charge in [-0.3, -0.25) is 9.59 Å². The van der Waals surface area contributed by atoms with Crippen LogP contribution >= 0.6 is 0 Å². The molecule has 0 spiro atoms. The smallest absolute Gasteiger partial charge is 0.364 e. The number of aliphatic hydroxyl groups excluding tert-OH is 11. The lowest BCUT2D eigenvalue weighted by molar-refractivity contribution is -0.386. The summed E-state index contributed by atoms with van der Waals surface area (Å²) in [5.74, 6) is -6.11. The van der Waals surface area contributed by atoms with Gasteiger partial charge in [0.15, 0.2) is 12.6 Å². The average molecular weight is 1250 g/mol. The van der Waals surface area contributed by atoms with Gasteiger partial charge in [-0.15, -0.1) is 0 Å². The third-order valence-corrected chi connectivity index (χ3v) is 17.2. The van der Waals surface area contributed by atoms with Crippen LogP contribution in [-0.4, -0.2) is 215 Å². The van der Waals surface area contributed by atoms with Crippen molar-refractivity contribution in [1.82, 2.24) is 10.6 Å². The Balaban J connectivity index is 1.62. The second-order valence-electron chi connectivity index (χ2n) is 24.7. The first-order chi connectivity index (χ1) is 41.9. The normalized spacial score (nSPS) is 29.2. The number of hydrogen-bond donors (Lipinski definition) is 14. The molecule has 87 heavy (non-hydrogen) atoms. The van der Waals surface area contributed by atoms with Crippen molar-refractivity contribution < 1.29 is 104 Å². The van der Waals surface area contributed by atoms with Crippen molar-refractivity contribution in [2.24, 2.45) is 0 Å². The molecule has 3 heterocycles. The van der Waals surface area contributed by atoms with Gasteiger partial charge in [0, 0.05) is 19.8 Å². The van der Waals surface area contributed by atoms with E-state index >= 15 is 0 Å². The molecule has 0 radical (unpaired) electrons. The maximum absolute atomic E-state index is 13.4. The topological polar surface area (TPSA) is 373 Å². The maximum Gasteiger partial charge on any atom is 0.364 e. The van der Waals surface area contributed by atoms with E-state index in [1.165, 1.54) is 122 Å². The van der Waals surface area contributed by atoms with Gasteiger partial charge >= 0.3 is 5.97 Å². The van der Waals surface area contributed by atoms with Gasteiger partial charge in [-0.1, -0.05) is 193 Å². The van der Waals surface area contributed by atoms with E-state index in [4.69, 9.17) is 28.4 Å². The van der Waals surface area contributed by atoms with E-state index in [0.29, 0.717) is 19.3 Å². The van der Waals surface area contributed by atoms with Crippen LogP contribution < -0.4 is 10.6 Å². The number of ether oxygens (including phenoxy) is 6. The second kappa shape index (κ2) is 45.7. The first kappa shape index (κ1) is 78.7. The Hall–Kier alpha value is -2.53. The fourth-order valence-corrected chi connectivity index (χ4v) is 11.8. The van der Waals surface area contributed by atoms with Gasteiger partial charge in [-0.2, -0.15) is 0 Å². The lowest BCUT2D eigenvalue weighted by Crippen LogP contribution is -2.70. The number of unbranched alkanes of at least 4 members (excludes halogenated alkanes) is 28. The van der Waals surface area contributed by atoms with Crippen molar-refractivity contribution in [2.75, 3.05) is 26.4 Å². The van der Waals surface area contributed by atoms with Crippen LogP contribution in [0.4, 0.5) is 0 Å². The Morgan fingerprint density at radius 2 is 1.07 bits per heavy atom. The number of amides is 2.